The molecule has 0 aliphatic heterocycles. The second-order valence-corrected chi connectivity index (χ2v) is 7.46. The molecule has 0 bridgehead atoms. The lowest BCUT2D eigenvalue weighted by atomic mass is 10.1. The van der Waals surface area contributed by atoms with E-state index in [1.807, 2.05) is 24.3 Å². The Morgan fingerprint density at radius 2 is 1.89 bits per heavy atom. The van der Waals surface area contributed by atoms with E-state index in [1.54, 1.807) is 24.3 Å². The van der Waals surface area contributed by atoms with Gasteiger partial charge in [-0.15, -0.1) is 0 Å². The fourth-order valence-electron chi connectivity index (χ4n) is 3.06. The minimum atomic E-state index is -0.807. The average molecular weight is 494 g/mol. The van der Waals surface area contributed by atoms with Gasteiger partial charge in [-0.2, -0.15) is 5.26 Å². The summed E-state index contributed by atoms with van der Waals surface area (Å²) in [6.45, 7) is 0.220. The second-order valence-electron chi connectivity index (χ2n) is 7.05. The molecule has 35 heavy (non-hydrogen) atoms. The Morgan fingerprint density at radius 3 is 2.54 bits per heavy atom. The topological polar surface area (TPSA) is 124 Å². The predicted molar refractivity (Wildman–Crippen MR) is 131 cm³/mol. The van der Waals surface area contributed by atoms with Crippen molar-refractivity contribution in [2.45, 2.75) is 6.61 Å². The van der Waals surface area contributed by atoms with Crippen molar-refractivity contribution >= 4 is 35.0 Å². The molecule has 3 aromatic carbocycles. The number of nitro benzene ring substituents is 1. The largest absolute Gasteiger partial charge is 0.496 e. The van der Waals surface area contributed by atoms with Crippen LogP contribution >= 0.6 is 11.6 Å². The monoisotopic (exact) mass is 493 g/mol. The summed E-state index contributed by atoms with van der Waals surface area (Å²) in [7, 11) is 2.83. The highest BCUT2D eigenvalue weighted by atomic mass is 35.5. The highest BCUT2D eigenvalue weighted by Gasteiger charge is 2.19. The molecule has 10 heteroatoms. The summed E-state index contributed by atoms with van der Waals surface area (Å²) in [5.41, 5.74) is 0.598. The van der Waals surface area contributed by atoms with E-state index in [-0.39, 0.29) is 29.3 Å². The first-order valence-corrected chi connectivity index (χ1v) is 10.5. The number of rotatable bonds is 9. The number of benzene rings is 3. The van der Waals surface area contributed by atoms with Crippen molar-refractivity contribution in [1.29, 1.82) is 5.26 Å². The van der Waals surface area contributed by atoms with Gasteiger partial charge in [0, 0.05) is 10.6 Å². The third-order valence-corrected chi connectivity index (χ3v) is 5.22. The molecule has 0 aliphatic rings. The molecule has 3 aromatic rings. The number of halogens is 1. The van der Waals surface area contributed by atoms with Crippen molar-refractivity contribution < 1.29 is 23.9 Å². The van der Waals surface area contributed by atoms with Gasteiger partial charge in [-0.1, -0.05) is 35.9 Å². The van der Waals surface area contributed by atoms with Gasteiger partial charge in [0.15, 0.2) is 11.5 Å². The molecule has 0 atom stereocenters. The number of amides is 1. The van der Waals surface area contributed by atoms with Crippen LogP contribution < -0.4 is 19.5 Å². The minimum Gasteiger partial charge on any atom is -0.496 e. The van der Waals surface area contributed by atoms with Crippen LogP contribution in [0, 0.1) is 21.4 Å². The number of anilines is 1. The predicted octanol–water partition coefficient (Wildman–Crippen LogP) is 5.39. The van der Waals surface area contributed by atoms with Crippen LogP contribution in [0.3, 0.4) is 0 Å². The van der Waals surface area contributed by atoms with E-state index >= 15 is 0 Å². The first-order valence-electron chi connectivity index (χ1n) is 10.2. The van der Waals surface area contributed by atoms with Crippen LogP contribution in [0.15, 0.2) is 66.2 Å². The van der Waals surface area contributed by atoms with E-state index in [4.69, 9.17) is 25.8 Å². The zero-order chi connectivity index (χ0) is 25.4. The van der Waals surface area contributed by atoms with Gasteiger partial charge in [-0.3, -0.25) is 14.9 Å². The fraction of sp³-hybridized carbons (Fsp3) is 0.120. The number of ether oxygens (including phenoxy) is 3. The maximum absolute atomic E-state index is 12.7. The van der Waals surface area contributed by atoms with Crippen LogP contribution in [0.2, 0.25) is 5.02 Å². The quantitative estimate of drug-likeness (QED) is 0.183. The zero-order valence-corrected chi connectivity index (χ0v) is 19.5. The summed E-state index contributed by atoms with van der Waals surface area (Å²) < 4.78 is 16.2. The molecule has 1 amide bonds. The van der Waals surface area contributed by atoms with Crippen LogP contribution in [-0.2, 0) is 11.4 Å². The Hall–Kier alpha value is -4.55. The van der Waals surface area contributed by atoms with E-state index in [2.05, 4.69) is 5.32 Å². The molecule has 0 saturated carbocycles. The summed E-state index contributed by atoms with van der Waals surface area (Å²) in [6, 6.07) is 18.0. The second kappa shape index (κ2) is 11.5. The Labute approximate surface area is 206 Å². The number of carbonyl (C=O) groups excluding carboxylic acids is 1. The summed E-state index contributed by atoms with van der Waals surface area (Å²) in [4.78, 5) is 23.4. The van der Waals surface area contributed by atoms with Gasteiger partial charge in [-0.05, 0) is 42.0 Å². The third-order valence-electron chi connectivity index (χ3n) is 4.85. The number of hydrogen-bond acceptors (Lipinski definition) is 7. The van der Waals surface area contributed by atoms with E-state index in [9.17, 15) is 20.2 Å². The highest BCUT2D eigenvalue weighted by Crippen LogP contribution is 2.31. The smallest absolute Gasteiger partial charge is 0.296 e. The Bertz CT molecular complexity index is 1330. The SMILES string of the molecule is COc1ccc(NC(=O)/C(C#N)=C/c2ccc(OCc3ccccc3Cl)c(OC)c2)c([N+](=O)[O-])c1. The van der Waals surface area contributed by atoms with E-state index < -0.39 is 10.8 Å². The van der Waals surface area contributed by atoms with Crippen LogP contribution in [-0.4, -0.2) is 25.1 Å². The van der Waals surface area contributed by atoms with Gasteiger partial charge in [0.05, 0.1) is 25.2 Å². The molecule has 0 saturated heterocycles. The van der Waals surface area contributed by atoms with Gasteiger partial charge >= 0.3 is 0 Å². The average Bonchev–Trinajstić information content (AvgIpc) is 2.87. The molecule has 0 fully saturated rings. The minimum absolute atomic E-state index is 0.0668. The molecule has 9 nitrogen and oxygen atoms in total. The first-order chi connectivity index (χ1) is 16.9. The Kier molecular flexibility index (Phi) is 8.27. The third kappa shape index (κ3) is 6.28. The van der Waals surface area contributed by atoms with Gasteiger partial charge in [0.1, 0.15) is 29.7 Å². The molecule has 3 rings (SSSR count). The summed E-state index contributed by atoms with van der Waals surface area (Å²) in [5.74, 6) is 0.282. The van der Waals surface area contributed by atoms with Crippen molar-refractivity contribution in [2.24, 2.45) is 0 Å². The van der Waals surface area contributed by atoms with E-state index in [0.717, 1.165) is 5.56 Å². The number of nitriles is 1. The van der Waals surface area contributed by atoms with Gasteiger partial charge in [0.2, 0.25) is 0 Å². The summed E-state index contributed by atoms with van der Waals surface area (Å²) >= 11 is 6.16. The molecular weight excluding hydrogens is 474 g/mol. The lowest BCUT2D eigenvalue weighted by Gasteiger charge is -2.12. The van der Waals surface area contributed by atoms with E-state index in [1.165, 1.54) is 38.5 Å². The van der Waals surface area contributed by atoms with Crippen LogP contribution in [0.4, 0.5) is 11.4 Å². The number of nitrogens with zero attached hydrogens (tertiary/aromatic N) is 2. The zero-order valence-electron chi connectivity index (χ0n) is 18.8. The lowest BCUT2D eigenvalue weighted by Crippen LogP contribution is -2.14. The number of hydrogen-bond donors (Lipinski definition) is 1. The molecule has 0 spiro atoms. The molecule has 0 unspecified atom stereocenters. The lowest BCUT2D eigenvalue weighted by molar-refractivity contribution is -0.384. The number of nitrogens with one attached hydrogen (secondary N) is 1. The fourth-order valence-corrected chi connectivity index (χ4v) is 3.25. The maximum Gasteiger partial charge on any atom is 0.296 e. The van der Waals surface area contributed by atoms with Crippen molar-refractivity contribution in [1.82, 2.24) is 0 Å². The molecule has 178 valence electrons. The van der Waals surface area contributed by atoms with Crippen molar-refractivity contribution in [3.05, 3.63) is 92.5 Å². The van der Waals surface area contributed by atoms with Crippen LogP contribution in [0.5, 0.6) is 17.2 Å². The van der Waals surface area contributed by atoms with E-state index in [0.29, 0.717) is 22.1 Å². The van der Waals surface area contributed by atoms with Crippen molar-refractivity contribution in [2.75, 3.05) is 19.5 Å². The molecule has 0 aliphatic carbocycles. The summed E-state index contributed by atoms with van der Waals surface area (Å²) in [5, 5.41) is 23.8. The number of carbonyl (C=O) groups is 1. The standard InChI is InChI=1S/C25H20ClN3O6/c1-33-19-8-9-21(22(13-19)29(31)32)28-25(30)18(14-27)11-16-7-10-23(24(12-16)34-2)35-15-17-5-3-4-6-20(17)26/h3-13H,15H2,1-2H3,(H,28,30)/b18-11+. The molecule has 1 N–H and O–H groups in total. The normalized spacial score (nSPS) is 10.7. The van der Waals surface area contributed by atoms with Gasteiger partial charge in [0.25, 0.3) is 11.6 Å². The number of methoxy groups -OCH3 is 2. The number of nitro groups is 1. The maximum atomic E-state index is 12.7. The van der Waals surface area contributed by atoms with Crippen molar-refractivity contribution in [3.63, 3.8) is 0 Å². The van der Waals surface area contributed by atoms with Crippen LogP contribution in [0.25, 0.3) is 6.08 Å². The molecular formula is C25H20ClN3O6. The Morgan fingerprint density at radius 1 is 1.11 bits per heavy atom. The Balaban J connectivity index is 1.80. The first kappa shape index (κ1) is 25.1. The van der Waals surface area contributed by atoms with Gasteiger partial charge in [-0.25, -0.2) is 0 Å². The summed E-state index contributed by atoms with van der Waals surface area (Å²) in [6.07, 6.45) is 1.34. The molecule has 0 aromatic heterocycles. The van der Waals surface area contributed by atoms with Crippen LogP contribution in [0.1, 0.15) is 11.1 Å². The highest BCUT2D eigenvalue weighted by molar-refractivity contribution is 6.31. The molecule has 0 radical (unpaired) electrons. The van der Waals surface area contributed by atoms with Crippen molar-refractivity contribution in [3.8, 4) is 23.3 Å². The molecule has 0 heterocycles. The van der Waals surface area contributed by atoms with Gasteiger partial charge < -0.3 is 19.5 Å².